The van der Waals surface area contributed by atoms with Crippen molar-refractivity contribution < 1.29 is 23.9 Å². The van der Waals surface area contributed by atoms with Gasteiger partial charge in [0.1, 0.15) is 17.8 Å². The molecular weight excluding hydrogens is 474 g/mol. The summed E-state index contributed by atoms with van der Waals surface area (Å²) < 4.78 is 5.82. The summed E-state index contributed by atoms with van der Waals surface area (Å²) in [5, 5.41) is 11.3. The molecule has 0 aromatic heterocycles. The van der Waals surface area contributed by atoms with Gasteiger partial charge in [-0.15, -0.1) is 0 Å². The Morgan fingerprint density at radius 3 is 2.62 bits per heavy atom. The van der Waals surface area contributed by atoms with E-state index in [1.54, 1.807) is 24.3 Å². The number of benzene rings is 1. The number of ether oxygens (including phenoxy) is 1. The van der Waals surface area contributed by atoms with E-state index >= 15 is 0 Å². The first kappa shape index (κ1) is 30.1. The molecule has 0 bridgehead atoms. The first-order valence-electron chi connectivity index (χ1n) is 13.2. The van der Waals surface area contributed by atoms with Crippen LogP contribution >= 0.6 is 0 Å². The van der Waals surface area contributed by atoms with Crippen LogP contribution in [0.5, 0.6) is 5.75 Å². The molecule has 1 unspecified atom stereocenters. The summed E-state index contributed by atoms with van der Waals surface area (Å²) in [4.78, 5) is 53.7. The van der Waals surface area contributed by atoms with Gasteiger partial charge >= 0.3 is 0 Å². The number of hydrogen-bond donors (Lipinski definition) is 4. The lowest BCUT2D eigenvalue weighted by Crippen LogP contribution is -2.49. The summed E-state index contributed by atoms with van der Waals surface area (Å²) in [5.74, 6) is -0.767. The lowest BCUT2D eigenvalue weighted by molar-refractivity contribution is -0.129. The number of unbranched alkanes of at least 4 members (excludes halogenated alkanes) is 1. The number of carbonyl (C=O) groups excluding carboxylic acids is 4. The van der Waals surface area contributed by atoms with E-state index in [-0.39, 0.29) is 36.5 Å². The Kier molecular flexibility index (Phi) is 12.9. The van der Waals surface area contributed by atoms with Crippen molar-refractivity contribution in [2.45, 2.75) is 64.5 Å². The molecule has 10 nitrogen and oxygen atoms in total. The van der Waals surface area contributed by atoms with Crippen LogP contribution in [0.1, 0.15) is 62.7 Å². The molecule has 1 aromatic carbocycles. The van der Waals surface area contributed by atoms with Crippen LogP contribution in [0, 0.1) is 5.92 Å². The van der Waals surface area contributed by atoms with Gasteiger partial charge in [-0.05, 0) is 70.8 Å². The van der Waals surface area contributed by atoms with Gasteiger partial charge in [0, 0.05) is 19.5 Å². The molecule has 2 rings (SSSR count). The van der Waals surface area contributed by atoms with Gasteiger partial charge < -0.3 is 30.9 Å². The van der Waals surface area contributed by atoms with Gasteiger partial charge in [-0.1, -0.05) is 26.0 Å². The highest BCUT2D eigenvalue weighted by Gasteiger charge is 2.26. The zero-order valence-electron chi connectivity index (χ0n) is 22.6. The van der Waals surface area contributed by atoms with E-state index in [9.17, 15) is 19.2 Å². The van der Waals surface area contributed by atoms with Gasteiger partial charge in [0.15, 0.2) is 0 Å². The lowest BCUT2D eigenvalue weighted by atomic mass is 10.0. The molecule has 0 saturated carbocycles. The molecule has 206 valence electrons. The number of para-hydroxylation sites is 1. The largest absolute Gasteiger partial charge is 0.493 e. The molecule has 0 spiro atoms. The van der Waals surface area contributed by atoms with Crippen LogP contribution in [0.15, 0.2) is 24.3 Å². The summed E-state index contributed by atoms with van der Waals surface area (Å²) >= 11 is 0. The van der Waals surface area contributed by atoms with Crippen molar-refractivity contribution in [1.82, 2.24) is 26.2 Å². The van der Waals surface area contributed by atoms with Crippen molar-refractivity contribution in [2.24, 2.45) is 5.92 Å². The second-order valence-corrected chi connectivity index (χ2v) is 10.1. The average molecular weight is 518 g/mol. The highest BCUT2D eigenvalue weighted by Crippen LogP contribution is 2.19. The fraction of sp³-hybridized carbons (Fsp3) is 0.630. The van der Waals surface area contributed by atoms with Crippen LogP contribution in [-0.2, 0) is 14.4 Å². The molecule has 4 amide bonds. The zero-order valence-corrected chi connectivity index (χ0v) is 22.6. The fourth-order valence-electron chi connectivity index (χ4n) is 4.01. The predicted octanol–water partition coefficient (Wildman–Crippen LogP) is 1.45. The third-order valence-electron chi connectivity index (χ3n) is 5.98. The fourth-order valence-corrected chi connectivity index (χ4v) is 4.01. The van der Waals surface area contributed by atoms with E-state index < -0.39 is 18.0 Å². The molecular formula is C27H43N5O5. The number of nitrogens with zero attached hydrogens (tertiary/aromatic N) is 1. The highest BCUT2D eigenvalue weighted by atomic mass is 16.5. The highest BCUT2D eigenvalue weighted by molar-refractivity contribution is 5.99. The maximum atomic E-state index is 13.1. The molecule has 1 aliphatic rings. The number of amides is 4. The van der Waals surface area contributed by atoms with Crippen molar-refractivity contribution in [3.05, 3.63) is 29.8 Å². The smallest absolute Gasteiger partial charge is 0.255 e. The second kappa shape index (κ2) is 15.9. The van der Waals surface area contributed by atoms with E-state index in [0.717, 1.165) is 19.4 Å². The molecule has 0 radical (unpaired) electrons. The molecule has 10 heteroatoms. The van der Waals surface area contributed by atoms with Crippen LogP contribution in [0.4, 0.5) is 0 Å². The van der Waals surface area contributed by atoms with Crippen LogP contribution in [0.2, 0.25) is 0 Å². The van der Waals surface area contributed by atoms with Crippen LogP contribution in [-0.4, -0.2) is 80.9 Å². The Morgan fingerprint density at radius 2 is 1.89 bits per heavy atom. The zero-order chi connectivity index (χ0) is 27.2. The minimum absolute atomic E-state index is 0.0149. The molecule has 37 heavy (non-hydrogen) atoms. The minimum atomic E-state index is -0.912. The maximum absolute atomic E-state index is 13.1. The van der Waals surface area contributed by atoms with E-state index in [1.807, 2.05) is 27.9 Å². The Balaban J connectivity index is 2.18. The third kappa shape index (κ3) is 11.2. The van der Waals surface area contributed by atoms with Crippen LogP contribution < -0.4 is 26.0 Å². The minimum Gasteiger partial charge on any atom is -0.493 e. The SMILES string of the molecule is CC(C)CC1NC(=O)CC[C@@H](C(=O)NCCCCN(C)C)NC(=O)c2ccccc2OCCCNC1=O. The van der Waals surface area contributed by atoms with Crippen molar-refractivity contribution in [3.8, 4) is 5.75 Å². The first-order chi connectivity index (χ1) is 17.7. The van der Waals surface area contributed by atoms with Crippen LogP contribution in [0.25, 0.3) is 0 Å². The maximum Gasteiger partial charge on any atom is 0.255 e. The third-order valence-corrected chi connectivity index (χ3v) is 5.98. The van der Waals surface area contributed by atoms with E-state index in [0.29, 0.717) is 43.9 Å². The Labute approximate surface area is 220 Å². The predicted molar refractivity (Wildman–Crippen MR) is 142 cm³/mol. The monoisotopic (exact) mass is 517 g/mol. The Bertz CT molecular complexity index is 905. The van der Waals surface area contributed by atoms with E-state index in [4.69, 9.17) is 4.74 Å². The standard InChI is InChI=1S/C27H43N5O5/c1-19(2)18-22-27(36)29-15-9-17-37-23-11-6-5-10-20(23)25(34)31-21(12-13-24(33)30-22)26(35)28-14-7-8-16-32(3)4/h5-6,10-11,19,21-22H,7-9,12-18H2,1-4H3,(H,28,35)(H,29,36)(H,30,33)(H,31,34)/t21-,22?/m0/s1. The number of hydrogen-bond acceptors (Lipinski definition) is 6. The summed E-state index contributed by atoms with van der Waals surface area (Å²) in [6.45, 7) is 6.03. The van der Waals surface area contributed by atoms with Gasteiger partial charge in [-0.3, -0.25) is 19.2 Å². The van der Waals surface area contributed by atoms with Crippen molar-refractivity contribution in [2.75, 3.05) is 40.3 Å². The molecule has 0 aliphatic carbocycles. The summed E-state index contributed by atoms with van der Waals surface area (Å²) in [6, 6.07) is 5.25. The van der Waals surface area contributed by atoms with E-state index in [2.05, 4.69) is 26.2 Å². The van der Waals surface area contributed by atoms with Gasteiger partial charge in [0.2, 0.25) is 17.7 Å². The first-order valence-corrected chi connectivity index (χ1v) is 13.2. The topological polar surface area (TPSA) is 129 Å². The molecule has 0 saturated heterocycles. The number of carbonyl (C=O) groups is 4. The number of rotatable bonds is 8. The second-order valence-electron chi connectivity index (χ2n) is 10.1. The van der Waals surface area contributed by atoms with Gasteiger partial charge in [0.05, 0.1) is 12.2 Å². The van der Waals surface area contributed by atoms with Crippen molar-refractivity contribution in [3.63, 3.8) is 0 Å². The molecule has 4 N–H and O–H groups in total. The lowest BCUT2D eigenvalue weighted by Gasteiger charge is -2.22. The molecule has 1 aliphatic heterocycles. The Hall–Kier alpha value is -3.14. The average Bonchev–Trinajstić information content (AvgIpc) is 2.84. The van der Waals surface area contributed by atoms with Gasteiger partial charge in [-0.2, -0.15) is 0 Å². The normalized spacial score (nSPS) is 19.9. The molecule has 0 fully saturated rings. The summed E-state index contributed by atoms with van der Waals surface area (Å²) in [6.07, 6.45) is 2.83. The number of nitrogens with one attached hydrogen (secondary N) is 4. The molecule has 1 heterocycles. The quantitative estimate of drug-likeness (QED) is 0.387. The summed E-state index contributed by atoms with van der Waals surface area (Å²) in [5.41, 5.74) is 0.309. The van der Waals surface area contributed by atoms with E-state index in [1.165, 1.54) is 0 Å². The number of fused-ring (bicyclic) bond motifs is 1. The molecule has 2 atom stereocenters. The Morgan fingerprint density at radius 1 is 1.14 bits per heavy atom. The van der Waals surface area contributed by atoms with Gasteiger partial charge in [-0.25, -0.2) is 0 Å². The van der Waals surface area contributed by atoms with Crippen LogP contribution in [0.3, 0.4) is 0 Å². The molecule has 1 aromatic rings. The van der Waals surface area contributed by atoms with Gasteiger partial charge in [0.25, 0.3) is 5.91 Å². The van der Waals surface area contributed by atoms with Crippen molar-refractivity contribution >= 4 is 23.6 Å². The summed E-state index contributed by atoms with van der Waals surface area (Å²) in [7, 11) is 3.99. The van der Waals surface area contributed by atoms with Crippen molar-refractivity contribution in [1.29, 1.82) is 0 Å².